The molecule has 0 unspecified atom stereocenters. The minimum absolute atomic E-state index is 0.104. The topological polar surface area (TPSA) is 88.1 Å². The van der Waals surface area contributed by atoms with Gasteiger partial charge in [0.1, 0.15) is 12.3 Å². The predicted molar refractivity (Wildman–Crippen MR) is 131 cm³/mol. The quantitative estimate of drug-likeness (QED) is 0.598. The Balaban J connectivity index is 1.77. The molecule has 1 fully saturated rings. The van der Waals surface area contributed by atoms with Crippen LogP contribution in [0.4, 0.5) is 5.69 Å². The standard InChI is InChI=1S/C25H33N3O4S/c1-25(2,3)19-13-15-20(16-14-19)26-27-24(29)18-28(21-9-8-10-22(17-21)32-4)33(30,31)23-11-6-5-7-12-23/h5-12,17,19H,13-16,18H2,1-4H3,(H,27,29). The minimum Gasteiger partial charge on any atom is -0.497 e. The molecule has 8 heteroatoms. The van der Waals surface area contributed by atoms with Crippen molar-refractivity contribution in [3.63, 3.8) is 0 Å². The summed E-state index contributed by atoms with van der Waals surface area (Å²) in [6, 6.07) is 14.7. The summed E-state index contributed by atoms with van der Waals surface area (Å²) in [5.41, 5.74) is 4.12. The summed E-state index contributed by atoms with van der Waals surface area (Å²) in [4.78, 5) is 12.9. The Labute approximate surface area is 196 Å². The maximum absolute atomic E-state index is 13.4. The van der Waals surface area contributed by atoms with Crippen molar-refractivity contribution in [2.45, 2.75) is 51.3 Å². The van der Waals surface area contributed by atoms with Gasteiger partial charge in [-0.1, -0.05) is 45.0 Å². The first-order valence-electron chi connectivity index (χ1n) is 11.2. The zero-order valence-electron chi connectivity index (χ0n) is 19.7. The Morgan fingerprint density at radius 3 is 2.36 bits per heavy atom. The highest BCUT2D eigenvalue weighted by Gasteiger charge is 2.29. The Bertz CT molecular complexity index is 1080. The lowest BCUT2D eigenvalue weighted by Gasteiger charge is -2.34. The van der Waals surface area contributed by atoms with Gasteiger partial charge in [-0.15, -0.1) is 0 Å². The number of hydrogen-bond acceptors (Lipinski definition) is 5. The van der Waals surface area contributed by atoms with Gasteiger partial charge in [-0.05, 0) is 61.3 Å². The van der Waals surface area contributed by atoms with Crippen LogP contribution in [-0.2, 0) is 14.8 Å². The van der Waals surface area contributed by atoms with E-state index in [4.69, 9.17) is 4.74 Å². The van der Waals surface area contributed by atoms with Gasteiger partial charge in [0.05, 0.1) is 17.7 Å². The smallest absolute Gasteiger partial charge is 0.264 e. The number of ether oxygens (including phenoxy) is 1. The third kappa shape index (κ3) is 6.35. The van der Waals surface area contributed by atoms with E-state index in [1.165, 1.54) is 19.2 Å². The maximum atomic E-state index is 13.4. The average molecular weight is 472 g/mol. The number of anilines is 1. The summed E-state index contributed by atoms with van der Waals surface area (Å²) in [5.74, 6) is 0.631. The second kappa shape index (κ2) is 10.4. The fraction of sp³-hybridized carbons (Fsp3) is 0.440. The number of nitrogens with one attached hydrogen (secondary N) is 1. The molecule has 0 bridgehead atoms. The number of benzene rings is 2. The number of carbonyl (C=O) groups excluding carboxylic acids is 1. The molecule has 2 aromatic carbocycles. The molecule has 7 nitrogen and oxygen atoms in total. The first kappa shape index (κ1) is 24.8. The number of hydrogen-bond donors (Lipinski definition) is 1. The highest BCUT2D eigenvalue weighted by molar-refractivity contribution is 7.92. The van der Waals surface area contributed by atoms with E-state index in [-0.39, 0.29) is 10.3 Å². The first-order valence-corrected chi connectivity index (χ1v) is 12.6. The predicted octanol–water partition coefficient (Wildman–Crippen LogP) is 4.60. The van der Waals surface area contributed by atoms with Crippen LogP contribution in [0.25, 0.3) is 0 Å². The van der Waals surface area contributed by atoms with Gasteiger partial charge in [-0.3, -0.25) is 9.10 Å². The van der Waals surface area contributed by atoms with Crippen molar-refractivity contribution in [1.29, 1.82) is 0 Å². The summed E-state index contributed by atoms with van der Waals surface area (Å²) in [6.07, 6.45) is 3.75. The van der Waals surface area contributed by atoms with Crippen LogP contribution in [0.5, 0.6) is 5.75 Å². The molecule has 0 heterocycles. The fourth-order valence-corrected chi connectivity index (χ4v) is 5.47. The molecule has 33 heavy (non-hydrogen) atoms. The molecule has 0 radical (unpaired) electrons. The van der Waals surface area contributed by atoms with Crippen molar-refractivity contribution in [3.05, 3.63) is 54.6 Å². The molecule has 1 aliphatic rings. The molecule has 0 saturated heterocycles. The molecule has 1 amide bonds. The van der Waals surface area contributed by atoms with Crippen LogP contribution in [0.15, 0.2) is 64.6 Å². The van der Waals surface area contributed by atoms with Crippen LogP contribution >= 0.6 is 0 Å². The summed E-state index contributed by atoms with van der Waals surface area (Å²) < 4.78 is 33.1. The van der Waals surface area contributed by atoms with Gasteiger partial charge < -0.3 is 4.74 Å². The molecule has 3 rings (SSSR count). The maximum Gasteiger partial charge on any atom is 0.264 e. The lowest BCUT2D eigenvalue weighted by molar-refractivity contribution is -0.119. The van der Waals surface area contributed by atoms with Gasteiger partial charge in [0.15, 0.2) is 0 Å². The fourth-order valence-electron chi connectivity index (χ4n) is 4.04. The highest BCUT2D eigenvalue weighted by atomic mass is 32.2. The molecule has 1 aliphatic carbocycles. The van der Waals surface area contributed by atoms with Crippen LogP contribution in [0.3, 0.4) is 0 Å². The van der Waals surface area contributed by atoms with E-state index in [0.29, 0.717) is 17.4 Å². The molecule has 178 valence electrons. The van der Waals surface area contributed by atoms with Gasteiger partial charge in [-0.25, -0.2) is 13.8 Å². The van der Waals surface area contributed by atoms with E-state index in [9.17, 15) is 13.2 Å². The number of sulfonamides is 1. The van der Waals surface area contributed by atoms with E-state index in [0.717, 1.165) is 35.7 Å². The van der Waals surface area contributed by atoms with Gasteiger partial charge >= 0.3 is 0 Å². The number of carbonyl (C=O) groups is 1. The van der Waals surface area contributed by atoms with Crippen LogP contribution in [0.2, 0.25) is 0 Å². The Kier molecular flexibility index (Phi) is 7.79. The average Bonchev–Trinajstić information content (AvgIpc) is 2.81. The number of amides is 1. The van der Waals surface area contributed by atoms with E-state index in [2.05, 4.69) is 31.3 Å². The van der Waals surface area contributed by atoms with Crippen molar-refractivity contribution in [2.75, 3.05) is 18.0 Å². The van der Waals surface area contributed by atoms with Crippen molar-refractivity contribution >= 4 is 27.3 Å². The summed E-state index contributed by atoms with van der Waals surface area (Å²) in [6.45, 7) is 6.36. The molecule has 0 aromatic heterocycles. The monoisotopic (exact) mass is 471 g/mol. The van der Waals surface area contributed by atoms with E-state index < -0.39 is 22.5 Å². The SMILES string of the molecule is COc1cccc(N(CC(=O)NN=C2CCC(C(C)(C)C)CC2)S(=O)(=O)c2ccccc2)c1. The zero-order chi connectivity index (χ0) is 24.1. The van der Waals surface area contributed by atoms with E-state index in [1.54, 1.807) is 42.5 Å². The van der Waals surface area contributed by atoms with Gasteiger partial charge in [0, 0.05) is 11.8 Å². The first-order chi connectivity index (χ1) is 15.6. The van der Waals surface area contributed by atoms with Gasteiger partial charge in [0.25, 0.3) is 15.9 Å². The lowest BCUT2D eigenvalue weighted by atomic mass is 9.72. The lowest BCUT2D eigenvalue weighted by Crippen LogP contribution is -2.40. The van der Waals surface area contributed by atoms with Gasteiger partial charge in [-0.2, -0.15) is 5.10 Å². The minimum atomic E-state index is -3.97. The summed E-state index contributed by atoms with van der Waals surface area (Å²) in [5, 5.41) is 4.31. The normalized spacial score (nSPS) is 16.7. The van der Waals surface area contributed by atoms with Gasteiger partial charge in [0.2, 0.25) is 0 Å². The third-order valence-corrected chi connectivity index (χ3v) is 7.87. The second-order valence-electron chi connectivity index (χ2n) is 9.38. The molecule has 1 saturated carbocycles. The number of hydrazone groups is 1. The molecule has 0 atom stereocenters. The van der Waals surface area contributed by atoms with Crippen LogP contribution in [0.1, 0.15) is 46.5 Å². The zero-order valence-corrected chi connectivity index (χ0v) is 20.6. The highest BCUT2D eigenvalue weighted by Crippen LogP contribution is 2.36. The summed E-state index contributed by atoms with van der Waals surface area (Å²) in [7, 11) is -2.47. The van der Waals surface area contributed by atoms with Crippen LogP contribution < -0.4 is 14.5 Å². The second-order valence-corrected chi connectivity index (χ2v) is 11.2. The van der Waals surface area contributed by atoms with Crippen molar-refractivity contribution in [1.82, 2.24) is 5.43 Å². The number of nitrogens with zero attached hydrogens (tertiary/aromatic N) is 2. The molecule has 2 aromatic rings. The van der Waals surface area contributed by atoms with Crippen molar-refractivity contribution < 1.29 is 17.9 Å². The third-order valence-electron chi connectivity index (χ3n) is 6.09. The van der Waals surface area contributed by atoms with Crippen molar-refractivity contribution in [3.8, 4) is 5.75 Å². The molecule has 1 N–H and O–H groups in total. The number of methoxy groups -OCH3 is 1. The molecule has 0 spiro atoms. The number of rotatable bonds is 7. The van der Waals surface area contributed by atoms with Crippen LogP contribution in [0, 0.1) is 11.3 Å². The Morgan fingerprint density at radius 1 is 1.09 bits per heavy atom. The summed E-state index contributed by atoms with van der Waals surface area (Å²) >= 11 is 0. The Hall–Kier alpha value is -2.87. The van der Waals surface area contributed by atoms with Crippen LogP contribution in [-0.4, -0.2) is 33.7 Å². The van der Waals surface area contributed by atoms with Crippen molar-refractivity contribution in [2.24, 2.45) is 16.4 Å². The molecular formula is C25H33N3O4S. The largest absolute Gasteiger partial charge is 0.497 e. The Morgan fingerprint density at radius 2 is 1.76 bits per heavy atom. The van der Waals surface area contributed by atoms with E-state index in [1.807, 2.05) is 0 Å². The molecule has 0 aliphatic heterocycles. The molecular weight excluding hydrogens is 438 g/mol. The van der Waals surface area contributed by atoms with E-state index >= 15 is 0 Å².